The number of amides is 1. The molecule has 0 fully saturated rings. The van der Waals surface area contributed by atoms with Crippen LogP contribution in [0.2, 0.25) is 0 Å². The molecule has 0 unspecified atom stereocenters. The maximum Gasteiger partial charge on any atom is 0.326 e. The van der Waals surface area contributed by atoms with E-state index in [-0.39, 0.29) is 5.75 Å². The molecule has 0 radical (unpaired) electrons. The SMILES string of the molecule is O=C(O)C[C@H](NC(=O)COc1ccc(Br)cc1F)C(=O)O. The molecule has 21 heavy (non-hydrogen) atoms. The van der Waals surface area contributed by atoms with Crippen molar-refractivity contribution in [1.29, 1.82) is 0 Å². The van der Waals surface area contributed by atoms with Gasteiger partial charge in [0.25, 0.3) is 5.91 Å². The highest BCUT2D eigenvalue weighted by atomic mass is 79.9. The number of carbonyl (C=O) groups excluding carboxylic acids is 1. The first kappa shape index (κ1) is 16.9. The zero-order valence-electron chi connectivity index (χ0n) is 10.5. The maximum atomic E-state index is 13.4. The van der Waals surface area contributed by atoms with Crippen molar-refractivity contribution in [2.24, 2.45) is 0 Å². The average Bonchev–Trinajstić information content (AvgIpc) is 2.36. The number of hydrogen-bond donors (Lipinski definition) is 3. The summed E-state index contributed by atoms with van der Waals surface area (Å²) in [5, 5.41) is 19.2. The van der Waals surface area contributed by atoms with Gasteiger partial charge in [-0.1, -0.05) is 15.9 Å². The van der Waals surface area contributed by atoms with E-state index in [4.69, 9.17) is 14.9 Å². The number of ether oxygens (including phenoxy) is 1. The Morgan fingerprint density at radius 2 is 2.00 bits per heavy atom. The van der Waals surface area contributed by atoms with Crippen LogP contribution in [0.5, 0.6) is 5.75 Å². The zero-order valence-corrected chi connectivity index (χ0v) is 12.1. The van der Waals surface area contributed by atoms with Crippen molar-refractivity contribution in [1.82, 2.24) is 5.32 Å². The monoisotopic (exact) mass is 363 g/mol. The van der Waals surface area contributed by atoms with Gasteiger partial charge in [-0.05, 0) is 18.2 Å². The Kier molecular flexibility index (Phi) is 6.10. The summed E-state index contributed by atoms with van der Waals surface area (Å²) in [4.78, 5) is 32.7. The van der Waals surface area contributed by atoms with Crippen LogP contribution >= 0.6 is 15.9 Å². The minimum atomic E-state index is -1.58. The zero-order chi connectivity index (χ0) is 16.0. The maximum absolute atomic E-state index is 13.4. The Bertz CT molecular complexity index is 565. The second kappa shape index (κ2) is 7.58. The van der Waals surface area contributed by atoms with Gasteiger partial charge in [-0.2, -0.15) is 0 Å². The minimum Gasteiger partial charge on any atom is -0.481 e. The fourth-order valence-corrected chi connectivity index (χ4v) is 1.68. The lowest BCUT2D eigenvalue weighted by atomic mass is 10.2. The molecular weight excluding hydrogens is 353 g/mol. The number of rotatable bonds is 7. The van der Waals surface area contributed by atoms with Gasteiger partial charge in [-0.15, -0.1) is 0 Å². The second-order valence-corrected chi connectivity index (χ2v) is 4.84. The highest BCUT2D eigenvalue weighted by molar-refractivity contribution is 9.10. The van der Waals surface area contributed by atoms with E-state index in [0.717, 1.165) is 6.07 Å². The summed E-state index contributed by atoms with van der Waals surface area (Å²) in [6.07, 6.45) is -0.770. The van der Waals surface area contributed by atoms with Crippen molar-refractivity contribution in [3.63, 3.8) is 0 Å². The van der Waals surface area contributed by atoms with E-state index >= 15 is 0 Å². The molecule has 0 aromatic heterocycles. The molecule has 3 N–H and O–H groups in total. The summed E-state index contributed by atoms with van der Waals surface area (Å²) >= 11 is 3.05. The van der Waals surface area contributed by atoms with Gasteiger partial charge < -0.3 is 20.3 Å². The van der Waals surface area contributed by atoms with Crippen molar-refractivity contribution in [2.75, 3.05) is 6.61 Å². The van der Waals surface area contributed by atoms with Gasteiger partial charge in [0.2, 0.25) is 0 Å². The predicted molar refractivity (Wildman–Crippen MR) is 71.4 cm³/mol. The van der Waals surface area contributed by atoms with Gasteiger partial charge in [-0.3, -0.25) is 9.59 Å². The van der Waals surface area contributed by atoms with E-state index in [1.807, 2.05) is 5.32 Å². The van der Waals surface area contributed by atoms with Gasteiger partial charge in [-0.25, -0.2) is 9.18 Å². The van der Waals surface area contributed by atoms with Crippen LogP contribution in [0.25, 0.3) is 0 Å². The van der Waals surface area contributed by atoms with Crippen molar-refractivity contribution in [2.45, 2.75) is 12.5 Å². The molecular formula is C12H11BrFNO6. The van der Waals surface area contributed by atoms with Crippen LogP contribution in [0.4, 0.5) is 4.39 Å². The number of carbonyl (C=O) groups is 3. The Morgan fingerprint density at radius 1 is 1.33 bits per heavy atom. The normalized spacial score (nSPS) is 11.5. The smallest absolute Gasteiger partial charge is 0.326 e. The lowest BCUT2D eigenvalue weighted by Crippen LogP contribution is -2.44. The molecule has 0 aliphatic rings. The third-order valence-corrected chi connectivity index (χ3v) is 2.76. The van der Waals surface area contributed by atoms with E-state index in [0.29, 0.717) is 4.47 Å². The fraction of sp³-hybridized carbons (Fsp3) is 0.250. The van der Waals surface area contributed by atoms with E-state index in [1.54, 1.807) is 0 Å². The summed E-state index contributed by atoms with van der Waals surface area (Å²) in [6, 6.07) is 2.35. The van der Waals surface area contributed by atoms with Crippen molar-refractivity contribution in [3.8, 4) is 5.75 Å². The molecule has 7 nitrogen and oxygen atoms in total. The van der Waals surface area contributed by atoms with Crippen LogP contribution < -0.4 is 10.1 Å². The van der Waals surface area contributed by atoms with Crippen LogP contribution in [0.3, 0.4) is 0 Å². The molecule has 1 rings (SSSR count). The molecule has 0 spiro atoms. The molecule has 1 amide bonds. The van der Waals surface area contributed by atoms with E-state index in [9.17, 15) is 18.8 Å². The summed E-state index contributed by atoms with van der Waals surface area (Å²) in [7, 11) is 0. The Labute approximate surface area is 126 Å². The molecule has 1 aromatic carbocycles. The molecule has 1 aromatic rings. The Morgan fingerprint density at radius 3 is 2.52 bits per heavy atom. The van der Waals surface area contributed by atoms with Crippen LogP contribution in [-0.4, -0.2) is 40.7 Å². The van der Waals surface area contributed by atoms with Gasteiger partial charge in [0, 0.05) is 4.47 Å². The number of carboxylic acid groups (broad SMARTS) is 2. The summed E-state index contributed by atoms with van der Waals surface area (Å²) in [5.74, 6) is -4.61. The molecule has 0 aliphatic heterocycles. The second-order valence-electron chi connectivity index (χ2n) is 3.92. The average molecular weight is 364 g/mol. The summed E-state index contributed by atoms with van der Waals surface area (Å²) in [6.45, 7) is -0.637. The first-order chi connectivity index (χ1) is 9.79. The van der Waals surface area contributed by atoms with Crippen molar-refractivity contribution in [3.05, 3.63) is 28.5 Å². The lowest BCUT2D eigenvalue weighted by molar-refractivity contribution is -0.147. The highest BCUT2D eigenvalue weighted by Gasteiger charge is 2.23. The van der Waals surface area contributed by atoms with Gasteiger partial charge in [0.05, 0.1) is 6.42 Å². The summed E-state index contributed by atoms with van der Waals surface area (Å²) in [5.41, 5.74) is 0. The van der Waals surface area contributed by atoms with E-state index in [1.165, 1.54) is 12.1 Å². The molecule has 1 atom stereocenters. The Hall–Kier alpha value is -2.16. The highest BCUT2D eigenvalue weighted by Crippen LogP contribution is 2.21. The molecule has 114 valence electrons. The largest absolute Gasteiger partial charge is 0.481 e. The first-order valence-corrected chi connectivity index (χ1v) is 6.40. The number of aliphatic carboxylic acids is 2. The van der Waals surface area contributed by atoms with Gasteiger partial charge in [0.15, 0.2) is 18.2 Å². The van der Waals surface area contributed by atoms with Crippen LogP contribution in [-0.2, 0) is 14.4 Å². The topological polar surface area (TPSA) is 113 Å². The number of nitrogens with one attached hydrogen (secondary N) is 1. The third-order valence-electron chi connectivity index (χ3n) is 2.26. The van der Waals surface area contributed by atoms with Gasteiger partial charge in [0.1, 0.15) is 6.04 Å². The number of carboxylic acids is 2. The lowest BCUT2D eigenvalue weighted by Gasteiger charge is -2.13. The third kappa shape index (κ3) is 5.78. The Balaban J connectivity index is 2.56. The molecule has 0 bridgehead atoms. The van der Waals surface area contributed by atoms with Crippen LogP contribution in [0.15, 0.2) is 22.7 Å². The number of hydrogen-bond acceptors (Lipinski definition) is 4. The van der Waals surface area contributed by atoms with E-state index < -0.39 is 42.7 Å². The first-order valence-electron chi connectivity index (χ1n) is 5.61. The number of benzene rings is 1. The minimum absolute atomic E-state index is 0.182. The predicted octanol–water partition coefficient (Wildman–Crippen LogP) is 1.01. The molecule has 0 heterocycles. The quantitative estimate of drug-likeness (QED) is 0.666. The standard InChI is InChI=1S/C12H11BrFNO6/c13-6-1-2-9(7(14)3-6)21-5-10(16)15-8(12(19)20)4-11(17)18/h1-3,8H,4-5H2,(H,15,16)(H,17,18)(H,19,20)/t8-/m0/s1. The summed E-state index contributed by atoms with van der Waals surface area (Å²) < 4.78 is 18.8. The van der Waals surface area contributed by atoms with Gasteiger partial charge >= 0.3 is 11.9 Å². The van der Waals surface area contributed by atoms with E-state index in [2.05, 4.69) is 15.9 Å². The van der Waals surface area contributed by atoms with Crippen molar-refractivity contribution >= 4 is 33.8 Å². The molecule has 0 aliphatic carbocycles. The fourth-order valence-electron chi connectivity index (χ4n) is 1.35. The van der Waals surface area contributed by atoms with Crippen molar-refractivity contribution < 1.29 is 33.7 Å². The molecule has 9 heteroatoms. The van der Waals surface area contributed by atoms with Crippen LogP contribution in [0, 0.1) is 5.82 Å². The molecule has 0 saturated carbocycles. The van der Waals surface area contributed by atoms with Crippen LogP contribution in [0.1, 0.15) is 6.42 Å². The number of halogens is 2. The molecule has 0 saturated heterocycles.